The zero-order chi connectivity index (χ0) is 13.7. The van der Waals surface area contributed by atoms with Crippen molar-refractivity contribution in [3.05, 3.63) is 64.2 Å². The highest BCUT2D eigenvalue weighted by molar-refractivity contribution is 6.32. The van der Waals surface area contributed by atoms with E-state index in [1.165, 1.54) is 11.1 Å². The summed E-state index contributed by atoms with van der Waals surface area (Å²) < 4.78 is 0. The van der Waals surface area contributed by atoms with Crippen molar-refractivity contribution in [2.45, 2.75) is 26.4 Å². The molecule has 3 heteroatoms. The molecule has 2 rings (SSSR count). The number of halogens is 1. The Morgan fingerprint density at radius 3 is 2.37 bits per heavy atom. The van der Waals surface area contributed by atoms with E-state index >= 15 is 0 Å². The van der Waals surface area contributed by atoms with Crippen LogP contribution in [0.25, 0.3) is 0 Å². The van der Waals surface area contributed by atoms with Crippen molar-refractivity contribution in [3.63, 3.8) is 0 Å². The van der Waals surface area contributed by atoms with Gasteiger partial charge in [0, 0.05) is 18.7 Å². The van der Waals surface area contributed by atoms with Gasteiger partial charge in [0.25, 0.3) is 0 Å². The molecule has 0 fully saturated rings. The van der Waals surface area contributed by atoms with Gasteiger partial charge in [-0.3, -0.25) is 0 Å². The second-order valence-corrected chi connectivity index (χ2v) is 4.93. The van der Waals surface area contributed by atoms with Crippen LogP contribution in [-0.2, 0) is 19.5 Å². The molecule has 0 saturated carbocycles. The van der Waals surface area contributed by atoms with Gasteiger partial charge >= 0.3 is 0 Å². The van der Waals surface area contributed by atoms with Crippen molar-refractivity contribution < 1.29 is 5.11 Å². The zero-order valence-corrected chi connectivity index (χ0v) is 11.7. The summed E-state index contributed by atoms with van der Waals surface area (Å²) in [5.41, 5.74) is 3.40. The summed E-state index contributed by atoms with van der Waals surface area (Å²) in [7, 11) is 0. The SMILES string of the molecule is CCc1ccc(CNCc2cccc(Cl)c2O)cc1. The third kappa shape index (κ3) is 3.72. The van der Waals surface area contributed by atoms with Gasteiger partial charge in [-0.2, -0.15) is 0 Å². The number of hydrogen-bond acceptors (Lipinski definition) is 2. The van der Waals surface area contributed by atoms with Crippen LogP contribution in [0.4, 0.5) is 0 Å². The maximum absolute atomic E-state index is 9.79. The molecule has 2 N–H and O–H groups in total. The number of nitrogens with one attached hydrogen (secondary N) is 1. The van der Waals surface area contributed by atoms with E-state index in [2.05, 4.69) is 36.5 Å². The van der Waals surface area contributed by atoms with Gasteiger partial charge in [0.15, 0.2) is 0 Å². The molecule has 0 aromatic heterocycles. The highest BCUT2D eigenvalue weighted by atomic mass is 35.5. The molecular formula is C16H18ClNO. The summed E-state index contributed by atoms with van der Waals surface area (Å²) in [5, 5.41) is 13.5. The monoisotopic (exact) mass is 275 g/mol. The standard InChI is InChI=1S/C16H18ClNO/c1-2-12-6-8-13(9-7-12)10-18-11-14-4-3-5-15(17)16(14)19/h3-9,18-19H,2,10-11H2,1H3. The smallest absolute Gasteiger partial charge is 0.138 e. The fourth-order valence-corrected chi connectivity index (χ4v) is 2.13. The summed E-state index contributed by atoms with van der Waals surface area (Å²) in [6.45, 7) is 3.52. The van der Waals surface area contributed by atoms with Gasteiger partial charge in [0.2, 0.25) is 0 Å². The lowest BCUT2D eigenvalue weighted by molar-refractivity contribution is 0.464. The average Bonchev–Trinajstić information content (AvgIpc) is 2.44. The van der Waals surface area contributed by atoms with Gasteiger partial charge in [-0.25, -0.2) is 0 Å². The molecular weight excluding hydrogens is 258 g/mol. The minimum absolute atomic E-state index is 0.165. The largest absolute Gasteiger partial charge is 0.506 e. The van der Waals surface area contributed by atoms with Crippen LogP contribution >= 0.6 is 11.6 Å². The van der Waals surface area contributed by atoms with Crippen molar-refractivity contribution in [1.29, 1.82) is 0 Å². The van der Waals surface area contributed by atoms with Crippen LogP contribution in [0.3, 0.4) is 0 Å². The number of aromatic hydroxyl groups is 1. The van der Waals surface area contributed by atoms with Gasteiger partial charge in [-0.1, -0.05) is 54.9 Å². The Morgan fingerprint density at radius 2 is 1.68 bits per heavy atom. The number of hydrogen-bond donors (Lipinski definition) is 2. The molecule has 0 amide bonds. The second-order valence-electron chi connectivity index (χ2n) is 4.52. The molecule has 0 radical (unpaired) electrons. The van der Waals surface area contributed by atoms with Crippen molar-refractivity contribution in [2.24, 2.45) is 0 Å². The molecule has 100 valence electrons. The third-order valence-electron chi connectivity index (χ3n) is 3.15. The molecule has 0 unspecified atom stereocenters. The molecule has 19 heavy (non-hydrogen) atoms. The van der Waals surface area contributed by atoms with Crippen LogP contribution in [0.5, 0.6) is 5.75 Å². The van der Waals surface area contributed by atoms with Crippen molar-refractivity contribution in [2.75, 3.05) is 0 Å². The van der Waals surface area contributed by atoms with Crippen molar-refractivity contribution >= 4 is 11.6 Å². The fraction of sp³-hybridized carbons (Fsp3) is 0.250. The van der Waals surface area contributed by atoms with Crippen molar-refractivity contribution in [3.8, 4) is 5.75 Å². The predicted molar refractivity (Wildman–Crippen MR) is 79.5 cm³/mol. The van der Waals surface area contributed by atoms with Crippen LogP contribution in [0.1, 0.15) is 23.6 Å². The van der Waals surface area contributed by atoms with Crippen LogP contribution in [0, 0.1) is 0 Å². The first-order valence-corrected chi connectivity index (χ1v) is 6.83. The highest BCUT2D eigenvalue weighted by Crippen LogP contribution is 2.26. The summed E-state index contributed by atoms with van der Waals surface area (Å²) in [6, 6.07) is 13.9. The Labute approximate surface area is 119 Å². The van der Waals surface area contributed by atoms with Gasteiger partial charge in [-0.05, 0) is 23.6 Å². The lowest BCUT2D eigenvalue weighted by Gasteiger charge is -2.08. The first-order valence-electron chi connectivity index (χ1n) is 6.45. The summed E-state index contributed by atoms with van der Waals surface area (Å²) in [6.07, 6.45) is 1.06. The fourth-order valence-electron chi connectivity index (χ4n) is 1.94. The third-order valence-corrected chi connectivity index (χ3v) is 3.45. The number of aryl methyl sites for hydroxylation is 1. The van der Waals surface area contributed by atoms with Crippen LogP contribution in [-0.4, -0.2) is 5.11 Å². The van der Waals surface area contributed by atoms with E-state index in [9.17, 15) is 5.11 Å². The molecule has 0 aliphatic carbocycles. The molecule has 0 saturated heterocycles. The van der Waals surface area contributed by atoms with E-state index in [-0.39, 0.29) is 5.75 Å². The molecule has 2 aromatic carbocycles. The summed E-state index contributed by atoms with van der Waals surface area (Å²) >= 11 is 5.87. The van der Waals surface area contributed by atoms with Gasteiger partial charge in [0.05, 0.1) is 5.02 Å². The van der Waals surface area contributed by atoms with E-state index in [1.807, 2.05) is 12.1 Å². The molecule has 0 spiro atoms. The van der Waals surface area contributed by atoms with Crippen LogP contribution in [0.15, 0.2) is 42.5 Å². The first-order chi connectivity index (χ1) is 9.20. The Balaban J connectivity index is 1.90. The number of benzene rings is 2. The molecule has 0 aliphatic heterocycles. The molecule has 0 aliphatic rings. The van der Waals surface area contributed by atoms with Gasteiger partial charge in [-0.15, -0.1) is 0 Å². The molecule has 2 aromatic rings. The Hall–Kier alpha value is -1.51. The number of para-hydroxylation sites is 1. The Kier molecular flexibility index (Phi) is 4.83. The number of phenolic OH excluding ortho intramolecular Hbond substituents is 1. The number of rotatable bonds is 5. The van der Waals surface area contributed by atoms with E-state index in [1.54, 1.807) is 6.07 Å². The molecule has 2 nitrogen and oxygen atoms in total. The topological polar surface area (TPSA) is 32.3 Å². The summed E-state index contributed by atoms with van der Waals surface area (Å²) in [5.74, 6) is 0.165. The highest BCUT2D eigenvalue weighted by Gasteiger charge is 2.04. The lowest BCUT2D eigenvalue weighted by atomic mass is 10.1. The van der Waals surface area contributed by atoms with Gasteiger partial charge < -0.3 is 10.4 Å². The lowest BCUT2D eigenvalue weighted by Crippen LogP contribution is -2.12. The van der Waals surface area contributed by atoms with Crippen molar-refractivity contribution in [1.82, 2.24) is 5.32 Å². The van der Waals surface area contributed by atoms with E-state index in [0.29, 0.717) is 11.6 Å². The maximum Gasteiger partial charge on any atom is 0.138 e. The minimum atomic E-state index is 0.165. The Bertz CT molecular complexity index is 537. The molecule has 0 bridgehead atoms. The maximum atomic E-state index is 9.79. The van der Waals surface area contributed by atoms with Gasteiger partial charge in [0.1, 0.15) is 5.75 Å². The minimum Gasteiger partial charge on any atom is -0.506 e. The normalized spacial score (nSPS) is 10.6. The quantitative estimate of drug-likeness (QED) is 0.867. The van der Waals surface area contributed by atoms with Crippen LogP contribution in [0.2, 0.25) is 5.02 Å². The Morgan fingerprint density at radius 1 is 1.00 bits per heavy atom. The number of phenols is 1. The predicted octanol–water partition coefficient (Wildman–Crippen LogP) is 3.90. The molecule has 0 heterocycles. The zero-order valence-electron chi connectivity index (χ0n) is 11.0. The molecule has 0 atom stereocenters. The van der Waals surface area contributed by atoms with E-state index in [0.717, 1.165) is 18.5 Å². The van der Waals surface area contributed by atoms with E-state index in [4.69, 9.17) is 11.6 Å². The summed E-state index contributed by atoms with van der Waals surface area (Å²) in [4.78, 5) is 0. The average molecular weight is 276 g/mol. The first kappa shape index (κ1) is 13.9. The second kappa shape index (κ2) is 6.60. The van der Waals surface area contributed by atoms with Crippen LogP contribution < -0.4 is 5.32 Å². The van der Waals surface area contributed by atoms with E-state index < -0.39 is 0 Å².